The first-order chi connectivity index (χ1) is 7.31. The summed E-state index contributed by atoms with van der Waals surface area (Å²) in [6, 6.07) is 9.28. The van der Waals surface area contributed by atoms with E-state index >= 15 is 0 Å². The molecule has 0 aliphatic carbocycles. The first kappa shape index (κ1) is 10.1. The Morgan fingerprint density at radius 1 is 1.33 bits per heavy atom. The zero-order valence-electron chi connectivity index (χ0n) is 7.98. The summed E-state index contributed by atoms with van der Waals surface area (Å²) >= 11 is 1.37. The molecule has 1 radical (unpaired) electrons. The minimum Gasteiger partial charge on any atom is -0.255 e. The molecular formula is C12H9FNS. The number of allylic oxidation sites excluding steroid dienone is 1. The maximum atomic E-state index is 13.2. The molecule has 0 amide bonds. The standard InChI is InChI=1S/C12H9FNS/c1-2-9(13)11-6-7-12(15-11)10-5-3-4-8-14-10/h2-8H,1H2/b9-2-. The van der Waals surface area contributed by atoms with Crippen molar-refractivity contribution in [3.05, 3.63) is 54.4 Å². The van der Waals surface area contributed by atoms with Gasteiger partial charge < -0.3 is 0 Å². The van der Waals surface area contributed by atoms with E-state index < -0.39 is 0 Å². The monoisotopic (exact) mass is 218 g/mol. The van der Waals surface area contributed by atoms with Crippen LogP contribution in [0.5, 0.6) is 0 Å². The molecule has 2 aromatic rings. The summed E-state index contributed by atoms with van der Waals surface area (Å²) in [4.78, 5) is 5.75. The van der Waals surface area contributed by atoms with Crippen molar-refractivity contribution < 1.29 is 4.39 Å². The van der Waals surface area contributed by atoms with E-state index in [1.165, 1.54) is 17.4 Å². The molecule has 0 saturated carbocycles. The molecule has 0 aliphatic rings. The predicted molar refractivity (Wildman–Crippen MR) is 62.0 cm³/mol. The number of hydrogen-bond acceptors (Lipinski definition) is 2. The van der Waals surface area contributed by atoms with Gasteiger partial charge in [0.05, 0.1) is 15.4 Å². The van der Waals surface area contributed by atoms with E-state index in [1.54, 1.807) is 12.3 Å². The highest BCUT2D eigenvalue weighted by molar-refractivity contribution is 7.16. The third-order valence-electron chi connectivity index (χ3n) is 1.94. The largest absolute Gasteiger partial charge is 0.255 e. The molecule has 0 fully saturated rings. The van der Waals surface area contributed by atoms with Crippen molar-refractivity contribution in [2.45, 2.75) is 0 Å². The molecule has 2 rings (SSSR count). The Kier molecular flexibility index (Phi) is 2.92. The van der Waals surface area contributed by atoms with Crippen LogP contribution in [0.1, 0.15) is 4.88 Å². The average Bonchev–Trinajstić information content (AvgIpc) is 2.78. The van der Waals surface area contributed by atoms with Crippen LogP contribution in [0.2, 0.25) is 0 Å². The zero-order chi connectivity index (χ0) is 10.7. The number of nitrogens with zero attached hydrogens (tertiary/aromatic N) is 1. The Balaban J connectivity index is 2.36. The maximum absolute atomic E-state index is 13.2. The molecule has 0 spiro atoms. The van der Waals surface area contributed by atoms with Gasteiger partial charge >= 0.3 is 0 Å². The van der Waals surface area contributed by atoms with Gasteiger partial charge in [-0.25, -0.2) is 4.39 Å². The second-order valence-corrected chi connectivity index (χ2v) is 4.01. The van der Waals surface area contributed by atoms with Crippen LogP contribution in [0.3, 0.4) is 0 Å². The summed E-state index contributed by atoms with van der Waals surface area (Å²) in [5, 5.41) is 0. The van der Waals surface area contributed by atoms with E-state index in [2.05, 4.69) is 11.9 Å². The lowest BCUT2D eigenvalue weighted by molar-refractivity contribution is 0.764. The summed E-state index contributed by atoms with van der Waals surface area (Å²) in [6.45, 7) is 3.40. The predicted octanol–water partition coefficient (Wildman–Crippen LogP) is 3.95. The van der Waals surface area contributed by atoms with Gasteiger partial charge in [-0.2, -0.15) is 0 Å². The van der Waals surface area contributed by atoms with Crippen LogP contribution in [-0.2, 0) is 0 Å². The first-order valence-electron chi connectivity index (χ1n) is 4.48. The van der Waals surface area contributed by atoms with Crippen molar-refractivity contribution in [1.82, 2.24) is 4.98 Å². The highest BCUT2D eigenvalue weighted by Gasteiger charge is 2.06. The SMILES string of the molecule is [CH2]/C=C(\F)c1ccc(-c2ccccn2)s1. The highest BCUT2D eigenvalue weighted by Crippen LogP contribution is 2.30. The zero-order valence-corrected chi connectivity index (χ0v) is 8.80. The highest BCUT2D eigenvalue weighted by atomic mass is 32.1. The van der Waals surface area contributed by atoms with Gasteiger partial charge in [0.25, 0.3) is 0 Å². The van der Waals surface area contributed by atoms with Crippen LogP contribution in [0.15, 0.2) is 42.6 Å². The van der Waals surface area contributed by atoms with Gasteiger partial charge in [0.15, 0.2) is 0 Å². The van der Waals surface area contributed by atoms with Crippen molar-refractivity contribution in [1.29, 1.82) is 0 Å². The summed E-state index contributed by atoms with van der Waals surface area (Å²) in [5.74, 6) is -0.290. The van der Waals surface area contributed by atoms with Crippen molar-refractivity contribution in [2.24, 2.45) is 0 Å². The van der Waals surface area contributed by atoms with Gasteiger partial charge in [0.1, 0.15) is 5.83 Å². The van der Waals surface area contributed by atoms with Gasteiger partial charge in [-0.05, 0) is 37.3 Å². The van der Waals surface area contributed by atoms with E-state index in [4.69, 9.17) is 0 Å². The van der Waals surface area contributed by atoms with Crippen molar-refractivity contribution in [2.75, 3.05) is 0 Å². The second kappa shape index (κ2) is 4.36. The lowest BCUT2D eigenvalue weighted by Crippen LogP contribution is -1.75. The van der Waals surface area contributed by atoms with Gasteiger partial charge in [0.2, 0.25) is 0 Å². The van der Waals surface area contributed by atoms with Gasteiger partial charge in [-0.15, -0.1) is 11.3 Å². The first-order valence-corrected chi connectivity index (χ1v) is 5.29. The van der Waals surface area contributed by atoms with E-state index in [0.29, 0.717) is 4.88 Å². The molecule has 15 heavy (non-hydrogen) atoms. The van der Waals surface area contributed by atoms with Gasteiger partial charge in [-0.3, -0.25) is 4.98 Å². The van der Waals surface area contributed by atoms with Crippen LogP contribution in [0, 0.1) is 6.92 Å². The summed E-state index contributed by atoms with van der Waals surface area (Å²) in [5.41, 5.74) is 0.866. The Labute approximate surface area is 91.9 Å². The Hall–Kier alpha value is -1.48. The molecule has 1 nitrogen and oxygen atoms in total. The lowest BCUT2D eigenvalue weighted by Gasteiger charge is -1.93. The molecule has 0 bridgehead atoms. The molecule has 0 saturated heterocycles. The summed E-state index contributed by atoms with van der Waals surface area (Å²) in [6.07, 6.45) is 2.94. The molecule has 0 unspecified atom stereocenters. The molecule has 2 heterocycles. The number of hydrogen-bond donors (Lipinski definition) is 0. The van der Waals surface area contributed by atoms with Crippen LogP contribution in [-0.4, -0.2) is 4.98 Å². The Morgan fingerprint density at radius 2 is 2.20 bits per heavy atom. The topological polar surface area (TPSA) is 12.9 Å². The van der Waals surface area contributed by atoms with E-state index in [-0.39, 0.29) is 5.83 Å². The van der Waals surface area contributed by atoms with Crippen LogP contribution < -0.4 is 0 Å². The lowest BCUT2D eigenvalue weighted by atomic mass is 10.3. The Bertz CT molecular complexity index is 473. The molecule has 0 aromatic carbocycles. The van der Waals surface area contributed by atoms with E-state index in [9.17, 15) is 4.39 Å². The minimum atomic E-state index is -0.290. The fraction of sp³-hybridized carbons (Fsp3) is 0. The quantitative estimate of drug-likeness (QED) is 0.743. The normalized spacial score (nSPS) is 11.7. The van der Waals surface area contributed by atoms with Crippen molar-refractivity contribution >= 4 is 17.2 Å². The van der Waals surface area contributed by atoms with Gasteiger partial charge in [0, 0.05) is 6.20 Å². The fourth-order valence-corrected chi connectivity index (χ4v) is 2.13. The maximum Gasteiger partial charge on any atom is 0.136 e. The third kappa shape index (κ3) is 2.13. The molecule has 2 aromatic heterocycles. The molecule has 75 valence electrons. The number of rotatable bonds is 2. The number of aromatic nitrogens is 1. The fourth-order valence-electron chi connectivity index (χ4n) is 1.21. The van der Waals surface area contributed by atoms with Crippen molar-refractivity contribution in [3.8, 4) is 10.6 Å². The van der Waals surface area contributed by atoms with E-state index in [0.717, 1.165) is 10.6 Å². The number of thiophene rings is 1. The summed E-state index contributed by atoms with van der Waals surface area (Å²) < 4.78 is 13.2. The van der Waals surface area contributed by atoms with Crippen LogP contribution >= 0.6 is 11.3 Å². The number of pyridine rings is 1. The molecule has 0 atom stereocenters. The van der Waals surface area contributed by atoms with Gasteiger partial charge in [-0.1, -0.05) is 6.07 Å². The smallest absolute Gasteiger partial charge is 0.136 e. The molecule has 0 N–H and O–H groups in total. The second-order valence-electron chi connectivity index (χ2n) is 2.93. The third-order valence-corrected chi connectivity index (χ3v) is 3.05. The number of halogens is 1. The summed E-state index contributed by atoms with van der Waals surface area (Å²) in [7, 11) is 0. The molecular weight excluding hydrogens is 209 g/mol. The van der Waals surface area contributed by atoms with E-state index in [1.807, 2.05) is 24.3 Å². The van der Waals surface area contributed by atoms with Crippen LogP contribution in [0.25, 0.3) is 16.4 Å². The van der Waals surface area contributed by atoms with Crippen LogP contribution in [0.4, 0.5) is 4.39 Å². The van der Waals surface area contributed by atoms with Crippen molar-refractivity contribution in [3.63, 3.8) is 0 Å². The average molecular weight is 218 g/mol. The molecule has 3 heteroatoms. The molecule has 0 aliphatic heterocycles. The minimum absolute atomic E-state index is 0.290. The Morgan fingerprint density at radius 3 is 2.87 bits per heavy atom.